The molecule has 0 saturated carbocycles. The van der Waals surface area contributed by atoms with Crippen LogP contribution in [0.15, 0.2) is 12.1 Å². The minimum Gasteiger partial charge on any atom is -0.430 e. The number of carbonyl (C=O) groups is 2. The minimum absolute atomic E-state index is 0.00342. The maximum absolute atomic E-state index is 12.5. The van der Waals surface area contributed by atoms with Crippen molar-refractivity contribution in [3.8, 4) is 0 Å². The van der Waals surface area contributed by atoms with Gasteiger partial charge in [-0.2, -0.15) is 0 Å². The van der Waals surface area contributed by atoms with Crippen molar-refractivity contribution in [1.82, 2.24) is 9.88 Å². The summed E-state index contributed by atoms with van der Waals surface area (Å²) >= 11 is 0. The van der Waals surface area contributed by atoms with Crippen LogP contribution < -0.4 is 0 Å². The van der Waals surface area contributed by atoms with Crippen molar-refractivity contribution in [1.29, 1.82) is 0 Å². The van der Waals surface area contributed by atoms with Gasteiger partial charge in [0, 0.05) is 42.9 Å². The fraction of sp³-hybridized carbons (Fsp3) is 0.533. The Morgan fingerprint density at radius 2 is 1.86 bits per heavy atom. The Bertz CT molecular complexity index is 571. The van der Waals surface area contributed by atoms with Crippen LogP contribution in [0, 0.1) is 13.8 Å². The van der Waals surface area contributed by atoms with E-state index in [0.717, 1.165) is 11.4 Å². The first kappa shape index (κ1) is 13.9. The van der Waals surface area contributed by atoms with Crippen molar-refractivity contribution in [2.75, 3.05) is 19.7 Å². The van der Waals surface area contributed by atoms with Crippen LogP contribution in [0.4, 0.5) is 4.79 Å². The Balaban J connectivity index is 1.69. The molecule has 2 aliphatic heterocycles. The van der Waals surface area contributed by atoms with Crippen molar-refractivity contribution in [3.63, 3.8) is 0 Å². The quantitative estimate of drug-likeness (QED) is 0.738. The highest BCUT2D eigenvalue weighted by Gasteiger charge is 2.45. The Kier molecular flexibility index (Phi) is 3.31. The van der Waals surface area contributed by atoms with Gasteiger partial charge in [-0.25, -0.2) is 4.79 Å². The van der Waals surface area contributed by atoms with E-state index in [9.17, 15) is 9.59 Å². The molecule has 3 heterocycles. The highest BCUT2D eigenvalue weighted by atomic mass is 16.8. The molecule has 3 rings (SSSR count). The van der Waals surface area contributed by atoms with Crippen LogP contribution in [0.25, 0.3) is 0 Å². The molecule has 0 aliphatic carbocycles. The maximum Gasteiger partial charge on any atom is 0.509 e. The molecule has 2 aliphatic rings. The van der Waals surface area contributed by atoms with Crippen molar-refractivity contribution < 1.29 is 19.1 Å². The number of nitrogens with zero attached hydrogens (tertiary/aromatic N) is 2. The van der Waals surface area contributed by atoms with Crippen LogP contribution in [0.2, 0.25) is 0 Å². The molecule has 2 fully saturated rings. The summed E-state index contributed by atoms with van der Waals surface area (Å²) in [4.78, 5) is 29.7. The van der Waals surface area contributed by atoms with Gasteiger partial charge in [-0.1, -0.05) is 0 Å². The number of rotatable bonds is 1. The van der Waals surface area contributed by atoms with Gasteiger partial charge < -0.3 is 14.4 Å². The number of ether oxygens (including phenoxy) is 2. The first-order valence-electron chi connectivity index (χ1n) is 7.08. The van der Waals surface area contributed by atoms with Crippen LogP contribution in [0.1, 0.15) is 34.6 Å². The van der Waals surface area contributed by atoms with Crippen molar-refractivity contribution in [2.45, 2.75) is 32.3 Å². The molecule has 0 radical (unpaired) electrons. The number of cyclic esters (lactones) is 1. The third-order valence-electron chi connectivity index (χ3n) is 4.04. The van der Waals surface area contributed by atoms with Gasteiger partial charge in [0.1, 0.15) is 6.61 Å². The number of amides is 1. The van der Waals surface area contributed by atoms with Gasteiger partial charge in [0.05, 0.1) is 0 Å². The Morgan fingerprint density at radius 1 is 1.24 bits per heavy atom. The van der Waals surface area contributed by atoms with E-state index in [-0.39, 0.29) is 5.91 Å². The number of hydrogen-bond donors (Lipinski definition) is 0. The largest absolute Gasteiger partial charge is 0.509 e. The molecular weight excluding hydrogens is 272 g/mol. The lowest BCUT2D eigenvalue weighted by Gasteiger charge is -2.36. The molecule has 21 heavy (non-hydrogen) atoms. The molecule has 0 aromatic carbocycles. The molecule has 1 aromatic heterocycles. The van der Waals surface area contributed by atoms with E-state index in [1.807, 2.05) is 13.8 Å². The van der Waals surface area contributed by atoms with E-state index in [4.69, 9.17) is 9.47 Å². The van der Waals surface area contributed by atoms with Gasteiger partial charge in [0.15, 0.2) is 5.60 Å². The molecule has 2 saturated heterocycles. The summed E-state index contributed by atoms with van der Waals surface area (Å²) in [6.45, 7) is 5.18. The van der Waals surface area contributed by atoms with Gasteiger partial charge in [0.25, 0.3) is 5.91 Å². The summed E-state index contributed by atoms with van der Waals surface area (Å²) in [5.41, 5.74) is 1.81. The number of hydrogen-bond acceptors (Lipinski definition) is 5. The Labute approximate surface area is 123 Å². The zero-order valence-corrected chi connectivity index (χ0v) is 12.2. The second-order valence-electron chi connectivity index (χ2n) is 5.75. The summed E-state index contributed by atoms with van der Waals surface area (Å²) in [6, 6.07) is 3.61. The van der Waals surface area contributed by atoms with Gasteiger partial charge in [-0.05, 0) is 26.0 Å². The zero-order valence-electron chi connectivity index (χ0n) is 12.2. The monoisotopic (exact) mass is 290 g/mol. The number of piperidine rings is 1. The molecule has 6 nitrogen and oxygen atoms in total. The lowest BCUT2D eigenvalue weighted by atomic mass is 9.92. The summed E-state index contributed by atoms with van der Waals surface area (Å²) in [6.07, 6.45) is 0.635. The standard InChI is InChI=1S/C15H18N2O4/c1-10-7-12(8-11(2)16-10)13(18)17-5-3-15(4-6-17)9-20-14(19)21-15/h7-8H,3-6,9H2,1-2H3. The average Bonchev–Trinajstić information content (AvgIpc) is 2.79. The summed E-state index contributed by atoms with van der Waals surface area (Å²) in [7, 11) is 0. The Hall–Kier alpha value is -2.11. The van der Waals surface area contributed by atoms with E-state index in [2.05, 4.69) is 4.98 Å². The molecule has 112 valence electrons. The third kappa shape index (κ3) is 2.70. The van der Waals surface area contributed by atoms with Crippen molar-refractivity contribution >= 4 is 12.1 Å². The SMILES string of the molecule is Cc1cc(C(=O)N2CCC3(CC2)COC(=O)O3)cc(C)n1. The summed E-state index contributed by atoms with van der Waals surface area (Å²) < 4.78 is 10.1. The molecule has 1 spiro atoms. The zero-order chi connectivity index (χ0) is 15.0. The number of pyridine rings is 1. The van der Waals surface area contributed by atoms with Crippen molar-refractivity contribution in [2.24, 2.45) is 0 Å². The van der Waals surface area contributed by atoms with E-state index in [0.29, 0.717) is 38.1 Å². The summed E-state index contributed by atoms with van der Waals surface area (Å²) in [5.74, 6) is 0.00342. The van der Waals surface area contributed by atoms with E-state index < -0.39 is 11.8 Å². The second-order valence-corrected chi connectivity index (χ2v) is 5.75. The molecule has 6 heteroatoms. The van der Waals surface area contributed by atoms with Crippen LogP contribution in [0.5, 0.6) is 0 Å². The number of aryl methyl sites for hydroxylation is 2. The molecule has 1 amide bonds. The van der Waals surface area contributed by atoms with Gasteiger partial charge in [0.2, 0.25) is 0 Å². The first-order valence-corrected chi connectivity index (χ1v) is 7.08. The van der Waals surface area contributed by atoms with Gasteiger partial charge >= 0.3 is 6.16 Å². The highest BCUT2D eigenvalue weighted by molar-refractivity contribution is 5.94. The molecule has 0 atom stereocenters. The van der Waals surface area contributed by atoms with E-state index in [1.165, 1.54) is 0 Å². The highest BCUT2D eigenvalue weighted by Crippen LogP contribution is 2.32. The third-order valence-corrected chi connectivity index (χ3v) is 4.04. The lowest BCUT2D eigenvalue weighted by molar-refractivity contribution is 0.00280. The fourth-order valence-electron chi connectivity index (χ4n) is 2.93. The van der Waals surface area contributed by atoms with Crippen LogP contribution in [-0.4, -0.2) is 47.2 Å². The lowest BCUT2D eigenvalue weighted by Crippen LogP contribution is -2.48. The van der Waals surface area contributed by atoms with E-state index >= 15 is 0 Å². The molecule has 0 N–H and O–H groups in total. The number of carbonyl (C=O) groups excluding carboxylic acids is 2. The van der Waals surface area contributed by atoms with Gasteiger partial charge in [-0.3, -0.25) is 9.78 Å². The number of likely N-dealkylation sites (tertiary alicyclic amines) is 1. The molecule has 0 unspecified atom stereocenters. The number of aromatic nitrogens is 1. The molecule has 1 aromatic rings. The van der Waals surface area contributed by atoms with E-state index in [1.54, 1.807) is 17.0 Å². The predicted molar refractivity (Wildman–Crippen MR) is 74.0 cm³/mol. The minimum atomic E-state index is -0.602. The van der Waals surface area contributed by atoms with Crippen LogP contribution in [-0.2, 0) is 9.47 Å². The second kappa shape index (κ2) is 5.02. The fourth-order valence-corrected chi connectivity index (χ4v) is 2.93. The van der Waals surface area contributed by atoms with Crippen LogP contribution in [0.3, 0.4) is 0 Å². The van der Waals surface area contributed by atoms with Crippen molar-refractivity contribution in [3.05, 3.63) is 29.1 Å². The van der Waals surface area contributed by atoms with Crippen LogP contribution >= 0.6 is 0 Å². The normalized spacial score (nSPS) is 20.3. The first-order chi connectivity index (χ1) is 9.97. The summed E-state index contributed by atoms with van der Waals surface area (Å²) in [5, 5.41) is 0. The predicted octanol–water partition coefficient (Wildman–Crippen LogP) is 1.84. The topological polar surface area (TPSA) is 68.7 Å². The molecule has 0 bridgehead atoms. The maximum atomic E-state index is 12.5. The van der Waals surface area contributed by atoms with Gasteiger partial charge in [-0.15, -0.1) is 0 Å². The Morgan fingerprint density at radius 3 is 2.38 bits per heavy atom. The average molecular weight is 290 g/mol. The smallest absolute Gasteiger partial charge is 0.430 e. The molecular formula is C15H18N2O4.